The molecule has 21 heavy (non-hydrogen) atoms. The fraction of sp³-hybridized carbons (Fsp3) is 0.625. The Morgan fingerprint density at radius 3 is 2.24 bits per heavy atom. The molecule has 0 N–H and O–H groups in total. The number of esters is 2. The number of carbonyl (C=O) groups excluding carboxylic acids is 2. The van der Waals surface area contributed by atoms with Gasteiger partial charge in [0.2, 0.25) is 0 Å². The zero-order valence-corrected chi connectivity index (χ0v) is 14.3. The highest BCUT2D eigenvalue weighted by atomic mass is 79.9. The lowest BCUT2D eigenvalue weighted by Gasteiger charge is -2.36. The maximum atomic E-state index is 12.6. The first-order valence-electron chi connectivity index (χ1n) is 7.33. The Balaban J connectivity index is 3.27. The van der Waals surface area contributed by atoms with Crippen LogP contribution in [0.25, 0.3) is 0 Å². The number of hydrogen-bond donors (Lipinski definition) is 0. The Morgan fingerprint density at radius 1 is 1.29 bits per heavy atom. The van der Waals surface area contributed by atoms with Gasteiger partial charge in [-0.25, -0.2) is 0 Å². The SMILES string of the molecule is C=C(Br)CC(C(=O)OCC)(C(=O)OCC)C1C=CCCC1. The zero-order valence-electron chi connectivity index (χ0n) is 12.7. The van der Waals surface area contributed by atoms with Crippen LogP contribution in [0.2, 0.25) is 0 Å². The van der Waals surface area contributed by atoms with Gasteiger partial charge in [-0.05, 0) is 37.6 Å². The molecule has 0 saturated carbocycles. The second kappa shape index (κ2) is 8.37. The summed E-state index contributed by atoms with van der Waals surface area (Å²) in [7, 11) is 0. The molecule has 1 aliphatic carbocycles. The van der Waals surface area contributed by atoms with Gasteiger partial charge in [-0.3, -0.25) is 9.59 Å². The Morgan fingerprint density at radius 2 is 1.86 bits per heavy atom. The van der Waals surface area contributed by atoms with E-state index in [1.807, 2.05) is 12.2 Å². The summed E-state index contributed by atoms with van der Waals surface area (Å²) in [5.74, 6) is -1.28. The molecule has 5 heteroatoms. The van der Waals surface area contributed by atoms with Gasteiger partial charge in [0, 0.05) is 12.3 Å². The van der Waals surface area contributed by atoms with Crippen LogP contribution in [0.3, 0.4) is 0 Å². The highest BCUT2D eigenvalue weighted by molar-refractivity contribution is 9.11. The largest absolute Gasteiger partial charge is 0.465 e. The summed E-state index contributed by atoms with van der Waals surface area (Å²) in [4.78, 5) is 25.2. The summed E-state index contributed by atoms with van der Waals surface area (Å²) in [6, 6.07) is 0. The van der Waals surface area contributed by atoms with E-state index in [2.05, 4.69) is 22.5 Å². The molecular weight excluding hydrogens is 336 g/mol. The zero-order chi connectivity index (χ0) is 15.9. The molecule has 0 aromatic carbocycles. The van der Waals surface area contributed by atoms with Crippen molar-refractivity contribution in [2.45, 2.75) is 39.5 Å². The fourth-order valence-corrected chi connectivity index (χ4v) is 3.15. The van der Waals surface area contributed by atoms with Gasteiger partial charge in [-0.1, -0.05) is 34.7 Å². The van der Waals surface area contributed by atoms with Gasteiger partial charge in [-0.2, -0.15) is 0 Å². The predicted octanol–water partition coefficient (Wildman–Crippen LogP) is 3.75. The molecule has 0 spiro atoms. The first-order chi connectivity index (χ1) is 9.98. The number of rotatable bonds is 7. The van der Waals surface area contributed by atoms with E-state index < -0.39 is 17.4 Å². The molecule has 0 saturated heterocycles. The van der Waals surface area contributed by atoms with Crippen molar-refractivity contribution in [3.05, 3.63) is 23.2 Å². The minimum Gasteiger partial charge on any atom is -0.465 e. The van der Waals surface area contributed by atoms with Crippen molar-refractivity contribution in [1.29, 1.82) is 0 Å². The van der Waals surface area contributed by atoms with Crippen LogP contribution >= 0.6 is 15.9 Å². The van der Waals surface area contributed by atoms with Crippen molar-refractivity contribution in [3.63, 3.8) is 0 Å². The molecule has 0 heterocycles. The molecular formula is C16H23BrO4. The lowest BCUT2D eigenvalue weighted by molar-refractivity contribution is -0.175. The Bertz CT molecular complexity index is 410. The highest BCUT2D eigenvalue weighted by Crippen LogP contribution is 2.43. The van der Waals surface area contributed by atoms with Gasteiger partial charge in [0.25, 0.3) is 0 Å². The molecule has 1 unspecified atom stereocenters. The van der Waals surface area contributed by atoms with Crippen LogP contribution in [-0.4, -0.2) is 25.2 Å². The lowest BCUT2D eigenvalue weighted by atomic mass is 9.69. The Hall–Kier alpha value is -1.10. The highest BCUT2D eigenvalue weighted by Gasteiger charge is 2.54. The van der Waals surface area contributed by atoms with Gasteiger partial charge in [0.1, 0.15) is 0 Å². The van der Waals surface area contributed by atoms with Gasteiger partial charge >= 0.3 is 11.9 Å². The molecule has 0 fully saturated rings. The molecule has 0 aromatic rings. The minimum atomic E-state index is -1.34. The van der Waals surface area contributed by atoms with Crippen LogP contribution in [0, 0.1) is 11.3 Å². The minimum absolute atomic E-state index is 0.180. The number of allylic oxidation sites excluding steroid dienone is 3. The van der Waals surface area contributed by atoms with E-state index >= 15 is 0 Å². The van der Waals surface area contributed by atoms with Crippen LogP contribution in [0.15, 0.2) is 23.2 Å². The third kappa shape index (κ3) is 4.19. The van der Waals surface area contributed by atoms with Gasteiger partial charge in [-0.15, -0.1) is 0 Å². The van der Waals surface area contributed by atoms with Crippen LogP contribution in [0.5, 0.6) is 0 Å². The number of halogens is 1. The summed E-state index contributed by atoms with van der Waals surface area (Å²) in [5.41, 5.74) is -1.34. The maximum absolute atomic E-state index is 12.6. The van der Waals surface area contributed by atoms with Crippen molar-refractivity contribution in [3.8, 4) is 0 Å². The third-order valence-corrected chi connectivity index (χ3v) is 3.92. The standard InChI is InChI=1S/C16H23BrO4/c1-4-20-14(18)16(11-12(3)17,15(19)21-5-2)13-9-7-6-8-10-13/h7,9,13H,3-6,8,10-11H2,1-2H3. The monoisotopic (exact) mass is 358 g/mol. The van der Waals surface area contributed by atoms with Crippen LogP contribution in [0.4, 0.5) is 0 Å². The average molecular weight is 359 g/mol. The summed E-state index contributed by atoms with van der Waals surface area (Å²) >= 11 is 3.28. The van der Waals surface area contributed by atoms with Crippen LogP contribution in [0.1, 0.15) is 39.5 Å². The van der Waals surface area contributed by atoms with E-state index in [1.54, 1.807) is 13.8 Å². The molecule has 0 radical (unpaired) electrons. The normalized spacial score (nSPS) is 18.1. The topological polar surface area (TPSA) is 52.6 Å². The fourth-order valence-electron chi connectivity index (χ4n) is 2.71. The van der Waals surface area contributed by atoms with E-state index in [0.717, 1.165) is 19.3 Å². The molecule has 1 atom stereocenters. The molecule has 0 amide bonds. The summed E-state index contributed by atoms with van der Waals surface area (Å²) in [5, 5.41) is 0. The molecule has 0 aliphatic heterocycles. The van der Waals surface area contributed by atoms with Crippen molar-refractivity contribution in [1.82, 2.24) is 0 Å². The lowest BCUT2D eigenvalue weighted by Crippen LogP contribution is -2.48. The van der Waals surface area contributed by atoms with E-state index in [1.165, 1.54) is 0 Å². The van der Waals surface area contributed by atoms with E-state index in [4.69, 9.17) is 9.47 Å². The third-order valence-electron chi connectivity index (χ3n) is 3.64. The number of ether oxygens (including phenoxy) is 2. The Labute approximate surface area is 134 Å². The molecule has 118 valence electrons. The van der Waals surface area contributed by atoms with Gasteiger partial charge in [0.15, 0.2) is 5.41 Å². The van der Waals surface area contributed by atoms with Crippen molar-refractivity contribution >= 4 is 27.9 Å². The molecule has 0 aromatic heterocycles. The predicted molar refractivity (Wildman–Crippen MR) is 84.9 cm³/mol. The van der Waals surface area contributed by atoms with Gasteiger partial charge in [0.05, 0.1) is 13.2 Å². The van der Waals surface area contributed by atoms with E-state index in [0.29, 0.717) is 4.48 Å². The number of carbonyl (C=O) groups is 2. The second-order valence-electron chi connectivity index (χ2n) is 5.07. The van der Waals surface area contributed by atoms with Crippen LogP contribution in [-0.2, 0) is 19.1 Å². The van der Waals surface area contributed by atoms with Crippen molar-refractivity contribution < 1.29 is 19.1 Å². The van der Waals surface area contributed by atoms with Crippen LogP contribution < -0.4 is 0 Å². The maximum Gasteiger partial charge on any atom is 0.324 e. The van der Waals surface area contributed by atoms with Gasteiger partial charge < -0.3 is 9.47 Å². The molecule has 4 nitrogen and oxygen atoms in total. The molecule has 0 bridgehead atoms. The summed E-state index contributed by atoms with van der Waals surface area (Å²) in [6.45, 7) is 7.71. The first kappa shape index (κ1) is 18.0. The van der Waals surface area contributed by atoms with Crippen molar-refractivity contribution in [2.75, 3.05) is 13.2 Å². The smallest absolute Gasteiger partial charge is 0.324 e. The number of hydrogen-bond acceptors (Lipinski definition) is 4. The summed E-state index contributed by atoms with van der Waals surface area (Å²) in [6.07, 6.45) is 6.80. The molecule has 1 rings (SSSR count). The van der Waals surface area contributed by atoms with E-state index in [-0.39, 0.29) is 25.6 Å². The average Bonchev–Trinajstić information content (AvgIpc) is 2.45. The first-order valence-corrected chi connectivity index (χ1v) is 8.12. The second-order valence-corrected chi connectivity index (χ2v) is 6.19. The quantitative estimate of drug-likeness (QED) is 0.395. The van der Waals surface area contributed by atoms with E-state index in [9.17, 15) is 9.59 Å². The molecule has 1 aliphatic rings. The van der Waals surface area contributed by atoms with Crippen molar-refractivity contribution in [2.24, 2.45) is 11.3 Å². The summed E-state index contributed by atoms with van der Waals surface area (Å²) < 4.78 is 11.0. The Kier molecular flexibility index (Phi) is 7.15.